The Bertz CT molecular complexity index is 542. The van der Waals surface area contributed by atoms with Crippen LogP contribution in [0, 0.1) is 40.4 Å². The number of allylic oxidation sites excluding steroid dienone is 1. The van der Waals surface area contributed by atoms with Crippen LogP contribution in [0.2, 0.25) is 0 Å². The van der Waals surface area contributed by atoms with Crippen LogP contribution >= 0.6 is 22.6 Å². The summed E-state index contributed by atoms with van der Waals surface area (Å²) in [6.45, 7) is 7.75. The van der Waals surface area contributed by atoms with Crippen molar-refractivity contribution in [3.63, 3.8) is 0 Å². The van der Waals surface area contributed by atoms with Crippen molar-refractivity contribution in [2.45, 2.75) is 84.7 Å². The number of fused-ring (bicyclic) bond motifs is 5. The van der Waals surface area contributed by atoms with E-state index in [0.717, 1.165) is 42.4 Å². The first-order chi connectivity index (χ1) is 11.9. The normalized spacial score (nSPS) is 50.4. The van der Waals surface area contributed by atoms with Crippen molar-refractivity contribution in [3.05, 3.63) is 11.6 Å². The molecule has 0 aliphatic heterocycles. The molecule has 0 unspecified atom stereocenters. The smallest absolute Gasteiger partial charge is 0.0577 e. The summed E-state index contributed by atoms with van der Waals surface area (Å²) < 4.78 is 1.31. The molecule has 0 bridgehead atoms. The van der Waals surface area contributed by atoms with Gasteiger partial charge in [0.25, 0.3) is 0 Å². The van der Waals surface area contributed by atoms with Crippen LogP contribution < -0.4 is 0 Å². The van der Waals surface area contributed by atoms with Gasteiger partial charge in [-0.25, -0.2) is 0 Å². The van der Waals surface area contributed by atoms with E-state index in [1.807, 2.05) is 0 Å². The van der Waals surface area contributed by atoms with Crippen molar-refractivity contribution >= 4 is 22.6 Å². The molecule has 0 saturated heterocycles. The minimum atomic E-state index is -0.0743. The van der Waals surface area contributed by atoms with Crippen molar-refractivity contribution in [1.82, 2.24) is 0 Å². The summed E-state index contributed by atoms with van der Waals surface area (Å²) in [5.74, 6) is 4.61. The lowest BCUT2D eigenvalue weighted by molar-refractivity contribution is -0.0567. The zero-order valence-corrected chi connectivity index (χ0v) is 18.6. The zero-order valence-electron chi connectivity index (χ0n) is 16.4. The van der Waals surface area contributed by atoms with E-state index in [1.165, 1.54) is 49.4 Å². The summed E-state index contributed by atoms with van der Waals surface area (Å²) in [6, 6.07) is 0. The van der Waals surface area contributed by atoms with Gasteiger partial charge in [0.1, 0.15) is 0 Å². The van der Waals surface area contributed by atoms with E-state index >= 15 is 0 Å². The molecule has 0 aromatic carbocycles. The predicted octanol–water partition coefficient (Wildman–Crippen LogP) is 6.39. The fraction of sp³-hybridized carbons (Fsp3) is 0.913. The second-order valence-corrected chi connectivity index (χ2v) is 11.4. The van der Waals surface area contributed by atoms with E-state index in [0.29, 0.717) is 10.8 Å². The maximum atomic E-state index is 10.2. The Balaban J connectivity index is 1.60. The van der Waals surface area contributed by atoms with Crippen LogP contribution in [0.5, 0.6) is 0 Å². The molecule has 3 fully saturated rings. The Labute approximate surface area is 168 Å². The van der Waals surface area contributed by atoms with Crippen LogP contribution in [-0.2, 0) is 0 Å². The van der Waals surface area contributed by atoms with Crippen LogP contribution in [0.4, 0.5) is 0 Å². The summed E-state index contributed by atoms with van der Waals surface area (Å²) >= 11 is 2.57. The SMILES string of the molecule is C[C@H](CCI)[C@H]1CC[C@H]2[C@@H]3CC=C4C[C@@H](O)CC[C@]4(C)[C@H]3CC[C@]12C. The monoisotopic (exact) mass is 456 g/mol. The highest BCUT2D eigenvalue weighted by Crippen LogP contribution is 2.67. The molecule has 0 aromatic rings. The first kappa shape index (κ1) is 18.8. The van der Waals surface area contributed by atoms with E-state index in [1.54, 1.807) is 5.57 Å². The standard InChI is InChI=1S/C23H37IO/c1-15(10-13-24)19-6-7-20-18-5-4-16-14-17(25)8-11-22(16,2)21(18)9-12-23(19,20)3/h4,15,17-21,25H,5-14H2,1-3H3/t15-,17+,18+,19-,20+,21+,22+,23-/m1/s1. The van der Waals surface area contributed by atoms with Crippen LogP contribution in [0.3, 0.4) is 0 Å². The summed E-state index contributed by atoms with van der Waals surface area (Å²) in [5.41, 5.74) is 2.61. The van der Waals surface area contributed by atoms with Crippen molar-refractivity contribution < 1.29 is 5.11 Å². The molecule has 0 radical (unpaired) electrons. The second-order valence-electron chi connectivity index (χ2n) is 10.3. The third-order valence-corrected chi connectivity index (χ3v) is 10.0. The number of halogens is 1. The van der Waals surface area contributed by atoms with Crippen molar-refractivity contribution in [1.29, 1.82) is 0 Å². The minimum absolute atomic E-state index is 0.0743. The molecule has 142 valence electrons. The lowest BCUT2D eigenvalue weighted by Crippen LogP contribution is -2.50. The van der Waals surface area contributed by atoms with Crippen molar-refractivity contribution in [3.8, 4) is 0 Å². The lowest BCUT2D eigenvalue weighted by atomic mass is 9.47. The Kier molecular flexibility index (Phi) is 5.10. The van der Waals surface area contributed by atoms with E-state index in [9.17, 15) is 5.11 Å². The van der Waals surface area contributed by atoms with Gasteiger partial charge in [0.05, 0.1) is 6.10 Å². The quantitative estimate of drug-likeness (QED) is 0.297. The highest BCUT2D eigenvalue weighted by molar-refractivity contribution is 14.1. The van der Waals surface area contributed by atoms with Gasteiger partial charge in [-0.2, -0.15) is 0 Å². The molecule has 0 spiro atoms. The van der Waals surface area contributed by atoms with Crippen molar-refractivity contribution in [2.75, 3.05) is 4.43 Å². The maximum Gasteiger partial charge on any atom is 0.0577 e. The van der Waals surface area contributed by atoms with E-state index in [4.69, 9.17) is 0 Å². The molecule has 1 N–H and O–H groups in total. The van der Waals surface area contributed by atoms with Crippen LogP contribution in [0.25, 0.3) is 0 Å². The van der Waals surface area contributed by atoms with E-state index in [2.05, 4.69) is 49.4 Å². The topological polar surface area (TPSA) is 20.2 Å². The Hall–Kier alpha value is 0.430. The maximum absolute atomic E-state index is 10.2. The first-order valence-electron chi connectivity index (χ1n) is 10.8. The van der Waals surface area contributed by atoms with Crippen LogP contribution in [0.1, 0.15) is 78.6 Å². The zero-order chi connectivity index (χ0) is 17.8. The third-order valence-electron chi connectivity index (χ3n) is 9.40. The lowest BCUT2D eigenvalue weighted by Gasteiger charge is -2.58. The average molecular weight is 456 g/mol. The summed E-state index contributed by atoms with van der Waals surface area (Å²) in [4.78, 5) is 0. The summed E-state index contributed by atoms with van der Waals surface area (Å²) in [6.07, 6.45) is 14.3. The average Bonchev–Trinajstić information content (AvgIpc) is 2.93. The number of hydrogen-bond acceptors (Lipinski definition) is 1. The van der Waals surface area contributed by atoms with Crippen LogP contribution in [0.15, 0.2) is 11.6 Å². The van der Waals surface area contributed by atoms with Gasteiger partial charge in [-0.05, 0) is 103 Å². The Morgan fingerprint density at radius 1 is 1.16 bits per heavy atom. The van der Waals surface area contributed by atoms with E-state index in [-0.39, 0.29) is 6.10 Å². The highest BCUT2D eigenvalue weighted by Gasteiger charge is 2.58. The second kappa shape index (κ2) is 6.79. The Morgan fingerprint density at radius 2 is 1.96 bits per heavy atom. The minimum Gasteiger partial charge on any atom is -0.393 e. The molecule has 3 saturated carbocycles. The van der Waals surface area contributed by atoms with E-state index < -0.39 is 0 Å². The fourth-order valence-corrected chi connectivity index (χ4v) is 8.97. The van der Waals surface area contributed by atoms with Crippen LogP contribution in [-0.4, -0.2) is 15.6 Å². The largest absolute Gasteiger partial charge is 0.393 e. The van der Waals surface area contributed by atoms with Gasteiger partial charge in [0.15, 0.2) is 0 Å². The number of rotatable bonds is 3. The number of aliphatic hydroxyl groups excluding tert-OH is 1. The van der Waals surface area contributed by atoms with Gasteiger partial charge in [0.2, 0.25) is 0 Å². The predicted molar refractivity (Wildman–Crippen MR) is 114 cm³/mol. The molecule has 4 aliphatic rings. The summed E-state index contributed by atoms with van der Waals surface area (Å²) in [7, 11) is 0. The third kappa shape index (κ3) is 2.87. The molecule has 0 aromatic heterocycles. The molecular weight excluding hydrogens is 419 g/mol. The van der Waals surface area contributed by atoms with Crippen molar-refractivity contribution in [2.24, 2.45) is 40.4 Å². The molecule has 0 amide bonds. The van der Waals surface area contributed by atoms with Gasteiger partial charge in [-0.15, -0.1) is 0 Å². The number of hydrogen-bond donors (Lipinski definition) is 1. The Morgan fingerprint density at radius 3 is 2.72 bits per heavy atom. The number of alkyl halides is 1. The molecule has 4 rings (SSSR count). The van der Waals surface area contributed by atoms with Gasteiger partial charge in [-0.3, -0.25) is 0 Å². The first-order valence-corrected chi connectivity index (χ1v) is 12.4. The number of aliphatic hydroxyl groups is 1. The van der Waals surface area contributed by atoms with Gasteiger partial charge >= 0.3 is 0 Å². The van der Waals surface area contributed by atoms with Gasteiger partial charge in [0, 0.05) is 0 Å². The highest BCUT2D eigenvalue weighted by atomic mass is 127. The van der Waals surface area contributed by atoms with Gasteiger partial charge in [-0.1, -0.05) is 55.0 Å². The molecule has 8 atom stereocenters. The molecular formula is C23H37IO. The molecule has 25 heavy (non-hydrogen) atoms. The fourth-order valence-electron chi connectivity index (χ4n) is 7.99. The molecule has 1 nitrogen and oxygen atoms in total. The summed E-state index contributed by atoms with van der Waals surface area (Å²) in [5, 5.41) is 10.2. The molecule has 0 heterocycles. The molecule has 2 heteroatoms. The molecule has 4 aliphatic carbocycles. The van der Waals surface area contributed by atoms with Gasteiger partial charge < -0.3 is 5.11 Å².